The molecule has 0 bridgehead atoms. The molecule has 0 aromatic heterocycles. The van der Waals surface area contributed by atoms with E-state index in [1.54, 1.807) is 19.1 Å². The molecule has 1 fully saturated rings. The molecule has 1 aliphatic rings. The molecular weight excluding hydrogens is 211 g/mol. The third-order valence-electron chi connectivity index (χ3n) is 2.69. The molecule has 2 rings (SSSR count). The van der Waals surface area contributed by atoms with E-state index < -0.39 is 6.10 Å². The zero-order valence-electron chi connectivity index (χ0n) is 9.15. The maximum absolute atomic E-state index is 13.0. The van der Waals surface area contributed by atoms with Crippen LogP contribution < -0.4 is 4.74 Å². The Morgan fingerprint density at radius 2 is 2.31 bits per heavy atom. The van der Waals surface area contributed by atoms with Crippen molar-refractivity contribution < 1.29 is 19.0 Å². The van der Waals surface area contributed by atoms with Crippen LogP contribution in [0.5, 0.6) is 5.75 Å². The summed E-state index contributed by atoms with van der Waals surface area (Å²) in [6.07, 6.45) is -0.303. The Bertz CT molecular complexity index is 367. The Hall–Kier alpha value is -1.13. The molecule has 1 N–H and O–H groups in total. The summed E-state index contributed by atoms with van der Waals surface area (Å²) in [6, 6.07) is 4.54. The molecule has 88 valence electrons. The molecule has 16 heavy (non-hydrogen) atoms. The van der Waals surface area contributed by atoms with Crippen molar-refractivity contribution in [3.8, 4) is 5.75 Å². The van der Waals surface area contributed by atoms with Gasteiger partial charge in [-0.15, -0.1) is 0 Å². The summed E-state index contributed by atoms with van der Waals surface area (Å²) < 4.78 is 23.8. The lowest BCUT2D eigenvalue weighted by Crippen LogP contribution is -2.40. The number of aliphatic hydroxyl groups excluding tert-OH is 1. The van der Waals surface area contributed by atoms with Gasteiger partial charge in [-0.25, -0.2) is 4.39 Å². The fourth-order valence-electron chi connectivity index (χ4n) is 1.68. The van der Waals surface area contributed by atoms with E-state index in [1.165, 1.54) is 6.07 Å². The second-order valence-electron chi connectivity index (χ2n) is 4.00. The van der Waals surface area contributed by atoms with Crippen molar-refractivity contribution in [1.82, 2.24) is 0 Å². The van der Waals surface area contributed by atoms with Crippen LogP contribution in [0, 0.1) is 12.7 Å². The van der Waals surface area contributed by atoms with Crippen LogP contribution in [0.3, 0.4) is 0 Å². The Kier molecular flexibility index (Phi) is 3.41. The summed E-state index contributed by atoms with van der Waals surface area (Å²) in [7, 11) is 0. The Morgan fingerprint density at radius 1 is 1.50 bits per heavy atom. The molecule has 1 heterocycles. The van der Waals surface area contributed by atoms with Crippen molar-refractivity contribution in [3.63, 3.8) is 0 Å². The maximum atomic E-state index is 13.0. The second kappa shape index (κ2) is 4.80. The van der Waals surface area contributed by atoms with Gasteiger partial charge < -0.3 is 14.6 Å². The molecule has 0 saturated carbocycles. The molecule has 4 heteroatoms. The molecule has 2 unspecified atom stereocenters. The SMILES string of the molecule is Cc1cc(OC2COCCC2O)ccc1F. The molecule has 2 atom stereocenters. The number of aliphatic hydroxyl groups is 1. The number of benzene rings is 1. The van der Waals surface area contributed by atoms with Gasteiger partial charge in [-0.1, -0.05) is 0 Å². The summed E-state index contributed by atoms with van der Waals surface area (Å²) in [4.78, 5) is 0. The topological polar surface area (TPSA) is 38.7 Å². The van der Waals surface area contributed by atoms with Gasteiger partial charge in [0.15, 0.2) is 0 Å². The number of ether oxygens (including phenoxy) is 2. The Labute approximate surface area is 93.8 Å². The average molecular weight is 226 g/mol. The van der Waals surface area contributed by atoms with Gasteiger partial charge in [-0.2, -0.15) is 0 Å². The van der Waals surface area contributed by atoms with E-state index in [0.29, 0.717) is 30.9 Å². The average Bonchev–Trinajstić information content (AvgIpc) is 2.27. The first-order valence-electron chi connectivity index (χ1n) is 5.35. The Balaban J connectivity index is 2.05. The molecular formula is C12H15FO3. The summed E-state index contributed by atoms with van der Waals surface area (Å²) in [5.74, 6) is 0.307. The van der Waals surface area contributed by atoms with Crippen molar-refractivity contribution in [2.24, 2.45) is 0 Å². The minimum absolute atomic E-state index is 0.257. The van der Waals surface area contributed by atoms with Crippen LogP contribution in [0.15, 0.2) is 18.2 Å². The molecule has 0 radical (unpaired) electrons. The smallest absolute Gasteiger partial charge is 0.148 e. The van der Waals surface area contributed by atoms with Crippen LogP contribution in [0.2, 0.25) is 0 Å². The van der Waals surface area contributed by atoms with Gasteiger partial charge in [0, 0.05) is 13.0 Å². The summed E-state index contributed by atoms with van der Waals surface area (Å²) in [5.41, 5.74) is 0.531. The normalized spacial score (nSPS) is 25.4. The first kappa shape index (κ1) is 11.4. The van der Waals surface area contributed by atoms with E-state index in [1.807, 2.05) is 0 Å². The van der Waals surface area contributed by atoms with Gasteiger partial charge in [0.1, 0.15) is 17.7 Å². The highest BCUT2D eigenvalue weighted by Gasteiger charge is 2.25. The largest absolute Gasteiger partial charge is 0.485 e. The highest BCUT2D eigenvalue weighted by molar-refractivity contribution is 5.29. The molecule has 3 nitrogen and oxygen atoms in total. The van der Waals surface area contributed by atoms with Crippen LogP contribution in [-0.4, -0.2) is 30.5 Å². The molecule has 0 spiro atoms. The Morgan fingerprint density at radius 3 is 3.00 bits per heavy atom. The lowest BCUT2D eigenvalue weighted by Gasteiger charge is -2.28. The highest BCUT2D eigenvalue weighted by Crippen LogP contribution is 2.20. The molecule has 0 amide bonds. The van der Waals surface area contributed by atoms with Gasteiger partial charge >= 0.3 is 0 Å². The van der Waals surface area contributed by atoms with E-state index in [-0.39, 0.29) is 11.9 Å². The fourth-order valence-corrected chi connectivity index (χ4v) is 1.68. The zero-order valence-corrected chi connectivity index (χ0v) is 9.15. The van der Waals surface area contributed by atoms with Gasteiger partial charge in [-0.05, 0) is 30.7 Å². The number of halogens is 1. The van der Waals surface area contributed by atoms with Crippen molar-refractivity contribution in [3.05, 3.63) is 29.6 Å². The summed E-state index contributed by atoms with van der Waals surface area (Å²) in [5, 5.41) is 9.68. The van der Waals surface area contributed by atoms with Gasteiger partial charge in [0.25, 0.3) is 0 Å². The number of aryl methyl sites for hydroxylation is 1. The number of hydrogen-bond donors (Lipinski definition) is 1. The second-order valence-corrected chi connectivity index (χ2v) is 4.00. The van der Waals surface area contributed by atoms with Gasteiger partial charge in [0.05, 0.1) is 12.7 Å². The predicted molar refractivity (Wildman–Crippen MR) is 57.0 cm³/mol. The van der Waals surface area contributed by atoms with Crippen LogP contribution in [0.1, 0.15) is 12.0 Å². The zero-order chi connectivity index (χ0) is 11.5. The minimum Gasteiger partial charge on any atom is -0.485 e. The number of hydrogen-bond acceptors (Lipinski definition) is 3. The minimum atomic E-state index is -0.515. The first-order valence-corrected chi connectivity index (χ1v) is 5.35. The highest BCUT2D eigenvalue weighted by atomic mass is 19.1. The van der Waals surface area contributed by atoms with Crippen LogP contribution in [0.4, 0.5) is 4.39 Å². The predicted octanol–water partition coefficient (Wildman–Crippen LogP) is 1.66. The van der Waals surface area contributed by atoms with Crippen molar-refractivity contribution in [2.45, 2.75) is 25.6 Å². The standard InChI is InChI=1S/C12H15FO3/c1-8-6-9(2-3-10(8)13)16-12-7-15-5-4-11(12)14/h2-3,6,11-12,14H,4-5,7H2,1H3. The van der Waals surface area contributed by atoms with Gasteiger partial charge in [0.2, 0.25) is 0 Å². The summed E-state index contributed by atoms with van der Waals surface area (Å²) in [6.45, 7) is 2.61. The van der Waals surface area contributed by atoms with Crippen LogP contribution in [0.25, 0.3) is 0 Å². The third kappa shape index (κ3) is 2.51. The monoisotopic (exact) mass is 226 g/mol. The van der Waals surface area contributed by atoms with E-state index >= 15 is 0 Å². The van der Waals surface area contributed by atoms with E-state index in [0.717, 1.165) is 0 Å². The van der Waals surface area contributed by atoms with Crippen LogP contribution >= 0.6 is 0 Å². The molecule has 0 aliphatic carbocycles. The van der Waals surface area contributed by atoms with Crippen molar-refractivity contribution in [1.29, 1.82) is 0 Å². The van der Waals surface area contributed by atoms with Crippen LogP contribution in [-0.2, 0) is 4.74 Å². The van der Waals surface area contributed by atoms with E-state index in [4.69, 9.17) is 9.47 Å². The molecule has 1 aromatic rings. The lowest BCUT2D eigenvalue weighted by atomic mass is 10.1. The van der Waals surface area contributed by atoms with Crippen molar-refractivity contribution in [2.75, 3.05) is 13.2 Å². The van der Waals surface area contributed by atoms with E-state index in [2.05, 4.69) is 0 Å². The number of rotatable bonds is 2. The molecule has 1 aromatic carbocycles. The maximum Gasteiger partial charge on any atom is 0.148 e. The molecule has 1 aliphatic heterocycles. The first-order chi connectivity index (χ1) is 7.66. The lowest BCUT2D eigenvalue weighted by molar-refractivity contribution is -0.0735. The fraction of sp³-hybridized carbons (Fsp3) is 0.500. The molecule has 1 saturated heterocycles. The quantitative estimate of drug-likeness (QED) is 0.833. The van der Waals surface area contributed by atoms with Gasteiger partial charge in [-0.3, -0.25) is 0 Å². The van der Waals surface area contributed by atoms with E-state index in [9.17, 15) is 9.50 Å². The van der Waals surface area contributed by atoms with Crippen molar-refractivity contribution >= 4 is 0 Å². The summed E-state index contributed by atoms with van der Waals surface area (Å²) >= 11 is 0. The third-order valence-corrected chi connectivity index (χ3v) is 2.69.